The van der Waals surface area contributed by atoms with Crippen LogP contribution in [0.4, 0.5) is 0 Å². The number of carbonyl (C=O) groups is 5. The maximum Gasteiger partial charge on any atom is 0.326 e. The number of carboxylic acids is 1. The van der Waals surface area contributed by atoms with Crippen LogP contribution in [0, 0.1) is 0 Å². The third kappa shape index (κ3) is 23.2. The number of unbranched alkanes of at least 4 members (excludes halogenated alkanes) is 3. The third-order valence-electron chi connectivity index (χ3n) is 6.74. The summed E-state index contributed by atoms with van der Waals surface area (Å²) in [5.74, 6) is -2.55. The molecule has 3 atom stereocenters. The van der Waals surface area contributed by atoms with Gasteiger partial charge in [-0.25, -0.2) is 4.79 Å². The number of nitrogens with one attached hydrogen (secondary N) is 4. The highest BCUT2D eigenvalue weighted by atomic mass is 16.4. The number of guanidine groups is 2. The van der Waals surface area contributed by atoms with Crippen molar-refractivity contribution in [2.75, 3.05) is 32.7 Å². The molecule has 0 saturated heterocycles. The molecule has 0 rings (SSSR count). The first kappa shape index (κ1) is 41.8. The average Bonchev–Trinajstić information content (AvgIpc) is 2.99. The highest BCUT2D eigenvalue weighted by Gasteiger charge is 2.21. The number of rotatable bonds is 27. The second-order valence-corrected chi connectivity index (χ2v) is 10.9. The van der Waals surface area contributed by atoms with Crippen LogP contribution in [0.5, 0.6) is 0 Å². The number of amides is 4. The van der Waals surface area contributed by atoms with Crippen molar-refractivity contribution < 1.29 is 29.1 Å². The molecule has 0 unspecified atom stereocenters. The Kier molecular flexibility index (Phi) is 23.7. The molecule has 0 aromatic heterocycles. The number of aliphatic carboxylic acids is 1. The fourth-order valence-corrected chi connectivity index (χ4v) is 4.20. The maximum absolute atomic E-state index is 12.8. The number of carboxylic acid groups (broad SMARTS) is 1. The molecule has 18 nitrogen and oxygen atoms in total. The fourth-order valence-electron chi connectivity index (χ4n) is 4.20. The molecule has 0 bridgehead atoms. The molecular weight excluding hydrogens is 600 g/mol. The summed E-state index contributed by atoms with van der Waals surface area (Å²) < 4.78 is 0. The summed E-state index contributed by atoms with van der Waals surface area (Å²) >= 11 is 0. The Morgan fingerprint density at radius 3 is 1.59 bits per heavy atom. The van der Waals surface area contributed by atoms with Gasteiger partial charge in [-0.3, -0.25) is 29.2 Å². The van der Waals surface area contributed by atoms with E-state index in [1.807, 2.05) is 0 Å². The van der Waals surface area contributed by atoms with Crippen molar-refractivity contribution in [1.29, 1.82) is 0 Å². The van der Waals surface area contributed by atoms with Crippen LogP contribution >= 0.6 is 0 Å². The van der Waals surface area contributed by atoms with Gasteiger partial charge in [0.05, 0.1) is 6.04 Å². The molecule has 0 aromatic rings. The van der Waals surface area contributed by atoms with Crippen molar-refractivity contribution in [1.82, 2.24) is 21.3 Å². The van der Waals surface area contributed by atoms with E-state index in [1.165, 1.54) is 0 Å². The van der Waals surface area contributed by atoms with E-state index in [1.54, 1.807) is 0 Å². The van der Waals surface area contributed by atoms with E-state index in [0.29, 0.717) is 90.3 Å². The van der Waals surface area contributed by atoms with Gasteiger partial charge in [-0.15, -0.1) is 0 Å². The standard InChI is InChI=1S/C28H56N12O6/c29-14-4-1-10-21(26(45)46)40-23(42)13-3-6-16-36-25(44)20(11-8-18-38-28(33)34)39-22(41)12-2-5-15-35-24(43)19(30)9-7-17-37-27(31)32/h19-21H,1-18,29-30H2,(H,35,43)(H,36,44)(H,39,41)(H,40,42)(H,45,46)(H4,31,32,37)(H4,33,34,38)/t19-,20-,21-/m0/s1. The molecule has 0 heterocycles. The third-order valence-corrected chi connectivity index (χ3v) is 6.74. The Balaban J connectivity index is 4.56. The monoisotopic (exact) mass is 656 g/mol. The van der Waals surface area contributed by atoms with E-state index in [2.05, 4.69) is 31.3 Å². The quantitative estimate of drug-likeness (QED) is 0.0242. The van der Waals surface area contributed by atoms with Gasteiger partial charge in [0.25, 0.3) is 0 Å². The molecule has 0 spiro atoms. The second-order valence-electron chi connectivity index (χ2n) is 10.9. The lowest BCUT2D eigenvalue weighted by atomic mass is 10.1. The highest BCUT2D eigenvalue weighted by Crippen LogP contribution is 2.05. The SMILES string of the molecule is NCCCC[C@H](NC(=O)CCCCNC(=O)[C@H](CCCN=C(N)N)NC(=O)CCCCNC(=O)[C@@H](N)CCCN=C(N)N)C(=O)O. The highest BCUT2D eigenvalue weighted by molar-refractivity contribution is 5.87. The second kappa shape index (κ2) is 26.1. The molecule has 0 radical (unpaired) electrons. The topological polar surface area (TPSA) is 335 Å². The Bertz CT molecular complexity index is 986. The minimum atomic E-state index is -1.09. The lowest BCUT2D eigenvalue weighted by Gasteiger charge is -2.18. The molecule has 18 heteroatoms. The number of aliphatic imine (C=N–C) groups is 2. The van der Waals surface area contributed by atoms with E-state index in [-0.39, 0.29) is 61.5 Å². The zero-order valence-corrected chi connectivity index (χ0v) is 26.8. The molecule has 46 heavy (non-hydrogen) atoms. The van der Waals surface area contributed by atoms with Gasteiger partial charge in [-0.2, -0.15) is 0 Å². The predicted octanol–water partition coefficient (Wildman–Crippen LogP) is -2.82. The Hall–Kier alpha value is -4.19. The van der Waals surface area contributed by atoms with Crippen LogP contribution in [0.3, 0.4) is 0 Å². The van der Waals surface area contributed by atoms with E-state index < -0.39 is 24.1 Å². The number of nitrogens with two attached hydrogens (primary N) is 6. The molecule has 0 aliphatic carbocycles. The van der Waals surface area contributed by atoms with Crippen LogP contribution in [0.15, 0.2) is 9.98 Å². The van der Waals surface area contributed by atoms with E-state index in [4.69, 9.17) is 34.4 Å². The first-order valence-corrected chi connectivity index (χ1v) is 15.8. The number of hydrogen-bond donors (Lipinski definition) is 11. The average molecular weight is 657 g/mol. The summed E-state index contributed by atoms with van der Waals surface area (Å²) in [5.41, 5.74) is 32.5. The normalized spacial score (nSPS) is 12.6. The largest absolute Gasteiger partial charge is 0.480 e. The van der Waals surface area contributed by atoms with Gasteiger partial charge in [0, 0.05) is 39.0 Å². The van der Waals surface area contributed by atoms with Crippen LogP contribution < -0.4 is 55.7 Å². The van der Waals surface area contributed by atoms with E-state index in [9.17, 15) is 29.1 Å². The van der Waals surface area contributed by atoms with E-state index in [0.717, 1.165) is 0 Å². The fraction of sp³-hybridized carbons (Fsp3) is 0.750. The molecule has 0 fully saturated rings. The molecule has 4 amide bonds. The molecule has 0 saturated carbocycles. The molecule has 17 N–H and O–H groups in total. The van der Waals surface area contributed by atoms with Crippen molar-refractivity contribution >= 4 is 41.5 Å². The van der Waals surface area contributed by atoms with Crippen LogP contribution in [-0.4, -0.2) is 97.5 Å². The lowest BCUT2D eigenvalue weighted by Crippen LogP contribution is -2.47. The Morgan fingerprint density at radius 2 is 1.09 bits per heavy atom. The zero-order valence-electron chi connectivity index (χ0n) is 26.8. The molecule has 0 aliphatic heterocycles. The summed E-state index contributed by atoms with van der Waals surface area (Å²) in [6.45, 7) is 1.74. The summed E-state index contributed by atoms with van der Waals surface area (Å²) in [5, 5.41) is 20.1. The predicted molar refractivity (Wildman–Crippen MR) is 176 cm³/mol. The smallest absolute Gasteiger partial charge is 0.326 e. The van der Waals surface area contributed by atoms with Gasteiger partial charge in [0.2, 0.25) is 23.6 Å². The van der Waals surface area contributed by atoms with Crippen molar-refractivity contribution in [2.24, 2.45) is 44.4 Å². The van der Waals surface area contributed by atoms with Gasteiger partial charge >= 0.3 is 5.97 Å². The van der Waals surface area contributed by atoms with Gasteiger partial charge in [-0.05, 0) is 77.2 Å². The van der Waals surface area contributed by atoms with Crippen LogP contribution in [-0.2, 0) is 24.0 Å². The first-order valence-electron chi connectivity index (χ1n) is 15.8. The van der Waals surface area contributed by atoms with Crippen molar-refractivity contribution in [3.63, 3.8) is 0 Å². The van der Waals surface area contributed by atoms with Crippen LogP contribution in [0.1, 0.15) is 83.5 Å². The maximum atomic E-state index is 12.8. The summed E-state index contributed by atoms with van der Waals surface area (Å²) in [7, 11) is 0. The minimum absolute atomic E-state index is 0.0155. The lowest BCUT2D eigenvalue weighted by molar-refractivity contribution is -0.142. The first-order chi connectivity index (χ1) is 21.9. The van der Waals surface area contributed by atoms with Gasteiger partial charge in [0.15, 0.2) is 11.9 Å². The Morgan fingerprint density at radius 1 is 0.609 bits per heavy atom. The molecule has 264 valence electrons. The van der Waals surface area contributed by atoms with Crippen LogP contribution in [0.2, 0.25) is 0 Å². The number of carbonyl (C=O) groups excluding carboxylic acids is 4. The van der Waals surface area contributed by atoms with Gasteiger partial charge < -0.3 is 60.8 Å². The zero-order chi connectivity index (χ0) is 34.7. The van der Waals surface area contributed by atoms with Crippen LogP contribution in [0.25, 0.3) is 0 Å². The number of hydrogen-bond acceptors (Lipinski definition) is 9. The van der Waals surface area contributed by atoms with Gasteiger partial charge in [-0.1, -0.05) is 0 Å². The summed E-state index contributed by atoms with van der Waals surface area (Å²) in [4.78, 5) is 68.8. The summed E-state index contributed by atoms with van der Waals surface area (Å²) in [6.07, 6.45) is 5.51. The minimum Gasteiger partial charge on any atom is -0.480 e. The van der Waals surface area contributed by atoms with Crippen molar-refractivity contribution in [2.45, 2.75) is 102 Å². The molecular formula is C28H56N12O6. The molecule has 0 aromatic carbocycles. The van der Waals surface area contributed by atoms with Crippen molar-refractivity contribution in [3.05, 3.63) is 0 Å². The summed E-state index contributed by atoms with van der Waals surface area (Å²) in [6, 6.07) is -2.46. The molecule has 0 aliphatic rings. The van der Waals surface area contributed by atoms with Gasteiger partial charge in [0.1, 0.15) is 12.1 Å². The number of nitrogens with zero attached hydrogens (tertiary/aromatic N) is 2. The van der Waals surface area contributed by atoms with E-state index >= 15 is 0 Å². The Labute approximate surface area is 270 Å². The van der Waals surface area contributed by atoms with Crippen molar-refractivity contribution in [3.8, 4) is 0 Å².